The molecule has 96 valence electrons. The van der Waals surface area contributed by atoms with Gasteiger partial charge in [0.15, 0.2) is 0 Å². The highest BCUT2D eigenvalue weighted by Crippen LogP contribution is 2.65. The summed E-state index contributed by atoms with van der Waals surface area (Å²) >= 11 is 0. The molecule has 0 spiro atoms. The largest absolute Gasteiger partial charge is 0.143 e. The van der Waals surface area contributed by atoms with Gasteiger partial charge in [-0.15, -0.1) is 0 Å². The van der Waals surface area contributed by atoms with Gasteiger partial charge >= 0.3 is 0 Å². The Kier molecular flexibility index (Phi) is 3.08. The van der Waals surface area contributed by atoms with Gasteiger partial charge in [-0.25, -0.2) is 0 Å². The summed E-state index contributed by atoms with van der Waals surface area (Å²) in [4.78, 5) is 0. The van der Waals surface area contributed by atoms with Crippen LogP contribution < -0.4 is 0 Å². The van der Waals surface area contributed by atoms with Crippen molar-refractivity contribution in [1.29, 1.82) is 0 Å². The quantitative estimate of drug-likeness (QED) is 0.550. The molecular weight excluding hydrogens is 203 g/mol. The molecule has 0 amide bonds. The first-order valence-corrected chi connectivity index (χ1v) is 8.10. The summed E-state index contributed by atoms with van der Waals surface area (Å²) in [7, 11) is 0. The van der Waals surface area contributed by atoms with Gasteiger partial charge in [-0.3, -0.25) is 0 Å². The molecule has 1 heterocycles. The highest BCUT2D eigenvalue weighted by Gasteiger charge is 2.57. The van der Waals surface area contributed by atoms with Gasteiger partial charge in [0.1, 0.15) is 6.71 Å². The first-order chi connectivity index (χ1) is 8.10. The SMILES string of the molecule is CC1[C@H]2C[C@@H](C[C@H]1B1CCCCCC1)C2(C)C. The summed E-state index contributed by atoms with van der Waals surface area (Å²) in [5, 5.41) is 0. The van der Waals surface area contributed by atoms with Crippen molar-refractivity contribution in [3.63, 3.8) is 0 Å². The first kappa shape index (κ1) is 12.1. The minimum absolute atomic E-state index is 0.681. The van der Waals surface area contributed by atoms with Crippen LogP contribution >= 0.6 is 0 Å². The molecule has 0 aromatic rings. The van der Waals surface area contributed by atoms with Crippen molar-refractivity contribution in [2.24, 2.45) is 23.2 Å². The Morgan fingerprint density at radius 3 is 2.12 bits per heavy atom. The van der Waals surface area contributed by atoms with Crippen LogP contribution in [-0.4, -0.2) is 6.71 Å². The second-order valence-corrected chi connectivity index (χ2v) is 7.87. The van der Waals surface area contributed by atoms with E-state index < -0.39 is 0 Å². The standard InChI is InChI=1S/C16H29B/c1-12-14-10-13(16(14,2)3)11-15(12)17-8-6-4-5-7-9-17/h12-15H,4-11H2,1-3H3/t12?,13-,14+,15+/m0/s1. The Morgan fingerprint density at radius 1 is 0.941 bits per heavy atom. The van der Waals surface area contributed by atoms with Gasteiger partial charge in [0.25, 0.3) is 0 Å². The summed E-state index contributed by atoms with van der Waals surface area (Å²) in [6.45, 7) is 8.74. The van der Waals surface area contributed by atoms with Crippen molar-refractivity contribution >= 4 is 6.71 Å². The fourth-order valence-electron chi connectivity index (χ4n) is 5.55. The molecule has 3 aliphatic carbocycles. The Hall–Kier alpha value is 0.0649. The zero-order valence-corrected chi connectivity index (χ0v) is 12.0. The van der Waals surface area contributed by atoms with Crippen LogP contribution in [0.5, 0.6) is 0 Å². The van der Waals surface area contributed by atoms with E-state index in [0.29, 0.717) is 5.41 Å². The van der Waals surface area contributed by atoms with Crippen molar-refractivity contribution in [2.75, 3.05) is 0 Å². The van der Waals surface area contributed by atoms with Crippen molar-refractivity contribution in [3.8, 4) is 0 Å². The molecule has 3 saturated carbocycles. The van der Waals surface area contributed by atoms with E-state index in [2.05, 4.69) is 20.8 Å². The van der Waals surface area contributed by atoms with Crippen molar-refractivity contribution in [1.82, 2.24) is 0 Å². The lowest BCUT2D eigenvalue weighted by molar-refractivity contribution is -0.0992. The predicted octanol–water partition coefficient (Wildman–Crippen LogP) is 5.13. The normalized spacial score (nSPS) is 45.0. The molecule has 0 nitrogen and oxygen atoms in total. The Labute approximate surface area is 108 Å². The number of hydrogen-bond donors (Lipinski definition) is 0. The van der Waals surface area contributed by atoms with Gasteiger partial charge in [-0.2, -0.15) is 0 Å². The lowest BCUT2D eigenvalue weighted by atomic mass is 9.27. The highest BCUT2D eigenvalue weighted by molar-refractivity contribution is 6.60. The predicted molar refractivity (Wildman–Crippen MR) is 76.7 cm³/mol. The maximum atomic E-state index is 2.58. The van der Waals surface area contributed by atoms with Crippen molar-refractivity contribution in [3.05, 3.63) is 0 Å². The molecule has 1 aliphatic heterocycles. The topological polar surface area (TPSA) is 0 Å². The summed E-state index contributed by atoms with van der Waals surface area (Å²) in [5.74, 6) is 4.22. The lowest BCUT2D eigenvalue weighted by Crippen LogP contribution is -2.55. The average molecular weight is 232 g/mol. The Bertz CT molecular complexity index is 273. The third-order valence-corrected chi connectivity index (χ3v) is 6.92. The third-order valence-electron chi connectivity index (χ3n) is 6.92. The van der Waals surface area contributed by atoms with Crippen molar-refractivity contribution < 1.29 is 0 Å². The van der Waals surface area contributed by atoms with Gasteiger partial charge in [0.05, 0.1) is 0 Å². The van der Waals surface area contributed by atoms with Gasteiger partial charge in [0, 0.05) is 0 Å². The van der Waals surface area contributed by atoms with Crippen LogP contribution in [0.15, 0.2) is 0 Å². The zero-order valence-electron chi connectivity index (χ0n) is 12.0. The van der Waals surface area contributed by atoms with Gasteiger partial charge in [0.2, 0.25) is 0 Å². The van der Waals surface area contributed by atoms with Crippen LogP contribution in [0.4, 0.5) is 0 Å². The molecule has 0 aromatic heterocycles. The molecule has 17 heavy (non-hydrogen) atoms. The smallest absolute Gasteiger partial charge is 0.0739 e. The number of hydrogen-bond acceptors (Lipinski definition) is 0. The summed E-state index contributed by atoms with van der Waals surface area (Å²) in [5.41, 5.74) is 0.681. The van der Waals surface area contributed by atoms with E-state index in [0.717, 1.165) is 30.3 Å². The molecule has 4 aliphatic rings. The van der Waals surface area contributed by atoms with Gasteiger partial charge in [-0.05, 0) is 29.6 Å². The molecule has 4 fully saturated rings. The van der Waals surface area contributed by atoms with E-state index in [1.807, 2.05) is 0 Å². The summed E-state index contributed by atoms with van der Waals surface area (Å²) < 4.78 is 0. The number of rotatable bonds is 1. The second kappa shape index (κ2) is 4.32. The fraction of sp³-hybridized carbons (Fsp3) is 1.00. The molecule has 1 unspecified atom stereocenters. The van der Waals surface area contributed by atoms with Crippen LogP contribution in [0.25, 0.3) is 0 Å². The zero-order chi connectivity index (χ0) is 12.0. The van der Waals surface area contributed by atoms with E-state index >= 15 is 0 Å². The maximum absolute atomic E-state index is 2.58. The molecule has 0 N–H and O–H groups in total. The Balaban J connectivity index is 1.69. The third kappa shape index (κ3) is 1.88. The molecule has 1 heteroatoms. The van der Waals surface area contributed by atoms with Crippen molar-refractivity contribution in [2.45, 2.75) is 77.8 Å². The van der Waals surface area contributed by atoms with E-state index in [9.17, 15) is 0 Å². The van der Waals surface area contributed by atoms with E-state index in [1.165, 1.54) is 25.7 Å². The minimum Gasteiger partial charge on any atom is -0.0739 e. The fourth-order valence-corrected chi connectivity index (χ4v) is 5.55. The first-order valence-electron chi connectivity index (χ1n) is 8.10. The Morgan fingerprint density at radius 2 is 1.59 bits per heavy atom. The monoisotopic (exact) mass is 232 g/mol. The summed E-state index contributed by atoms with van der Waals surface area (Å²) in [6, 6.07) is 0. The molecule has 0 radical (unpaired) electrons. The molecule has 4 rings (SSSR count). The maximum Gasteiger partial charge on any atom is 0.143 e. The minimum atomic E-state index is 0.681. The molecule has 4 atom stereocenters. The van der Waals surface area contributed by atoms with E-state index in [1.54, 1.807) is 25.5 Å². The van der Waals surface area contributed by atoms with Crippen LogP contribution in [-0.2, 0) is 0 Å². The van der Waals surface area contributed by atoms with E-state index in [4.69, 9.17) is 0 Å². The van der Waals surface area contributed by atoms with Gasteiger partial charge < -0.3 is 0 Å². The molecule has 0 aromatic carbocycles. The molecule has 1 saturated heterocycles. The highest BCUT2D eigenvalue weighted by atomic mass is 14.6. The van der Waals surface area contributed by atoms with Crippen LogP contribution in [0.1, 0.15) is 59.3 Å². The lowest BCUT2D eigenvalue weighted by Gasteiger charge is -2.63. The second-order valence-electron chi connectivity index (χ2n) is 7.87. The average Bonchev–Trinajstić information content (AvgIpc) is 2.57. The van der Waals surface area contributed by atoms with Crippen LogP contribution in [0.2, 0.25) is 18.5 Å². The van der Waals surface area contributed by atoms with E-state index in [-0.39, 0.29) is 0 Å². The molecular formula is C16H29B. The number of fused-ring (bicyclic) bond motifs is 2. The van der Waals surface area contributed by atoms with Crippen LogP contribution in [0.3, 0.4) is 0 Å². The van der Waals surface area contributed by atoms with Gasteiger partial charge in [-0.1, -0.05) is 71.3 Å². The molecule has 2 bridgehead atoms. The summed E-state index contributed by atoms with van der Waals surface area (Å²) in [6.07, 6.45) is 12.3. The van der Waals surface area contributed by atoms with Crippen LogP contribution in [0, 0.1) is 23.2 Å².